The van der Waals surface area contributed by atoms with Gasteiger partial charge in [0.05, 0.1) is 33.6 Å². The summed E-state index contributed by atoms with van der Waals surface area (Å²) in [5, 5.41) is 8.86. The Hall–Kier alpha value is -5.29. The van der Waals surface area contributed by atoms with Gasteiger partial charge in [0.15, 0.2) is 17.3 Å². The molecule has 1 unspecified atom stereocenters. The number of pyridine rings is 1. The van der Waals surface area contributed by atoms with Crippen molar-refractivity contribution in [3.63, 3.8) is 0 Å². The molecule has 53 heavy (non-hydrogen) atoms. The van der Waals surface area contributed by atoms with E-state index in [9.17, 15) is 32.3 Å². The SMILES string of the molecule is CCC(CCN(C)C)C(=O)N1CCN(C(=O)c2ccc(NC(=O)c3ncc(-c4cn(-c5ccc(C(=O)NC)cn5)nc4C(F)(F)F)n3C)cc2Cl)CC1. The van der Waals surface area contributed by atoms with Crippen LogP contribution in [0.4, 0.5) is 18.9 Å². The van der Waals surface area contributed by atoms with Crippen molar-refractivity contribution in [1.82, 2.24) is 44.3 Å². The molecule has 0 aliphatic carbocycles. The number of carbonyl (C=O) groups is 4. The fourth-order valence-corrected chi connectivity index (χ4v) is 6.25. The monoisotopic (exact) mass is 756 g/mol. The number of nitrogens with zero attached hydrogens (tertiary/aromatic N) is 8. The maximum absolute atomic E-state index is 14.1. The summed E-state index contributed by atoms with van der Waals surface area (Å²) in [7, 11) is 6.77. The van der Waals surface area contributed by atoms with Crippen LogP contribution < -0.4 is 10.6 Å². The lowest BCUT2D eigenvalue weighted by Gasteiger charge is -2.36. The van der Waals surface area contributed by atoms with Crippen LogP contribution in [0.5, 0.6) is 0 Å². The maximum Gasteiger partial charge on any atom is 0.435 e. The summed E-state index contributed by atoms with van der Waals surface area (Å²) in [5.41, 5.74) is -0.964. The number of halogens is 4. The number of hydrogen-bond donors (Lipinski definition) is 2. The highest BCUT2D eigenvalue weighted by Crippen LogP contribution is 2.37. The Morgan fingerprint density at radius 1 is 0.981 bits per heavy atom. The molecule has 1 saturated heterocycles. The molecule has 0 bridgehead atoms. The van der Waals surface area contributed by atoms with Gasteiger partial charge < -0.3 is 29.9 Å². The number of imidazole rings is 1. The zero-order valence-electron chi connectivity index (χ0n) is 29.9. The fraction of sp³-hybridized carbons (Fsp3) is 0.400. The van der Waals surface area contributed by atoms with Gasteiger partial charge in [-0.3, -0.25) is 19.2 Å². The first-order chi connectivity index (χ1) is 25.1. The van der Waals surface area contributed by atoms with Crippen molar-refractivity contribution in [2.45, 2.75) is 25.9 Å². The molecule has 2 N–H and O–H groups in total. The molecule has 14 nitrogen and oxygen atoms in total. The molecule has 18 heteroatoms. The molecular formula is C35H40ClF3N10O4. The van der Waals surface area contributed by atoms with E-state index in [-0.39, 0.29) is 62.5 Å². The quantitative estimate of drug-likeness (QED) is 0.231. The average molecular weight is 757 g/mol. The number of anilines is 1. The van der Waals surface area contributed by atoms with Gasteiger partial charge in [0.2, 0.25) is 5.91 Å². The van der Waals surface area contributed by atoms with E-state index in [4.69, 9.17) is 11.6 Å². The van der Waals surface area contributed by atoms with E-state index in [1.165, 1.54) is 55.2 Å². The molecule has 1 atom stereocenters. The zero-order chi connectivity index (χ0) is 38.6. The van der Waals surface area contributed by atoms with Crippen molar-refractivity contribution in [3.8, 4) is 17.1 Å². The second-order valence-electron chi connectivity index (χ2n) is 12.8. The Labute approximate surface area is 308 Å². The summed E-state index contributed by atoms with van der Waals surface area (Å²) >= 11 is 6.50. The summed E-state index contributed by atoms with van der Waals surface area (Å²) in [4.78, 5) is 65.2. The Kier molecular flexibility index (Phi) is 11.9. The van der Waals surface area contributed by atoms with Gasteiger partial charge in [0, 0.05) is 64.3 Å². The minimum atomic E-state index is -4.86. The number of nitrogens with one attached hydrogen (secondary N) is 2. The van der Waals surface area contributed by atoms with E-state index in [1.54, 1.807) is 9.80 Å². The van der Waals surface area contributed by atoms with Gasteiger partial charge in [-0.25, -0.2) is 14.6 Å². The predicted octanol–water partition coefficient (Wildman–Crippen LogP) is 4.21. The number of amides is 4. The van der Waals surface area contributed by atoms with Crippen LogP contribution in [-0.2, 0) is 18.0 Å². The smallest absolute Gasteiger partial charge is 0.355 e. The van der Waals surface area contributed by atoms with Crippen LogP contribution in [0, 0.1) is 5.92 Å². The molecule has 1 fully saturated rings. The van der Waals surface area contributed by atoms with Crippen molar-refractivity contribution < 1.29 is 32.3 Å². The molecule has 1 aromatic carbocycles. The molecule has 5 rings (SSSR count). The summed E-state index contributed by atoms with van der Waals surface area (Å²) < 4.78 is 44.5. The van der Waals surface area contributed by atoms with E-state index in [0.29, 0.717) is 26.2 Å². The third-order valence-corrected chi connectivity index (χ3v) is 9.34. The number of hydrogen-bond acceptors (Lipinski definition) is 8. The van der Waals surface area contributed by atoms with Crippen LogP contribution in [0.15, 0.2) is 48.9 Å². The first-order valence-electron chi connectivity index (χ1n) is 16.8. The summed E-state index contributed by atoms with van der Waals surface area (Å²) in [6, 6.07) is 7.13. The van der Waals surface area contributed by atoms with E-state index >= 15 is 0 Å². The van der Waals surface area contributed by atoms with Gasteiger partial charge in [0.1, 0.15) is 0 Å². The molecule has 0 radical (unpaired) electrons. The molecule has 3 aromatic heterocycles. The Balaban J connectivity index is 1.26. The van der Waals surface area contributed by atoms with Crippen molar-refractivity contribution >= 4 is 40.9 Å². The number of aromatic nitrogens is 5. The lowest BCUT2D eigenvalue weighted by Crippen LogP contribution is -2.52. The van der Waals surface area contributed by atoms with Gasteiger partial charge in [-0.15, -0.1) is 0 Å². The van der Waals surface area contributed by atoms with Crippen LogP contribution in [0.1, 0.15) is 56.8 Å². The van der Waals surface area contributed by atoms with Crippen LogP contribution in [-0.4, -0.2) is 117 Å². The molecule has 0 saturated carbocycles. The first-order valence-corrected chi connectivity index (χ1v) is 17.2. The molecule has 4 aromatic rings. The Morgan fingerprint density at radius 2 is 1.68 bits per heavy atom. The van der Waals surface area contributed by atoms with Crippen molar-refractivity contribution in [1.29, 1.82) is 0 Å². The van der Waals surface area contributed by atoms with Gasteiger partial charge in [-0.05, 0) is 63.8 Å². The Morgan fingerprint density at radius 3 is 2.26 bits per heavy atom. The van der Waals surface area contributed by atoms with Gasteiger partial charge in [-0.1, -0.05) is 18.5 Å². The average Bonchev–Trinajstić information content (AvgIpc) is 3.75. The molecule has 1 aliphatic rings. The highest BCUT2D eigenvalue weighted by molar-refractivity contribution is 6.34. The third-order valence-electron chi connectivity index (χ3n) is 9.02. The molecular weight excluding hydrogens is 717 g/mol. The van der Waals surface area contributed by atoms with Crippen molar-refractivity contribution in [2.75, 3.05) is 59.2 Å². The second kappa shape index (κ2) is 16.2. The number of benzene rings is 1. The third kappa shape index (κ3) is 8.68. The molecule has 4 heterocycles. The van der Waals surface area contributed by atoms with E-state index in [1.807, 2.05) is 25.9 Å². The zero-order valence-corrected chi connectivity index (χ0v) is 30.6. The van der Waals surface area contributed by atoms with E-state index < -0.39 is 23.7 Å². The molecule has 1 aliphatic heterocycles. The lowest BCUT2D eigenvalue weighted by molar-refractivity contribution is -0.141. The van der Waals surface area contributed by atoms with Crippen molar-refractivity contribution in [3.05, 3.63) is 76.6 Å². The summed E-state index contributed by atoms with van der Waals surface area (Å²) in [6.07, 6.45) is 0.105. The largest absolute Gasteiger partial charge is 0.435 e. The Bertz CT molecular complexity index is 1990. The molecule has 4 amide bonds. The highest BCUT2D eigenvalue weighted by atomic mass is 35.5. The summed E-state index contributed by atoms with van der Waals surface area (Å²) in [5.74, 6) is -1.62. The maximum atomic E-state index is 14.1. The van der Waals surface area contributed by atoms with Gasteiger partial charge >= 0.3 is 6.18 Å². The van der Waals surface area contributed by atoms with E-state index in [2.05, 4.69) is 25.7 Å². The van der Waals surface area contributed by atoms with Crippen LogP contribution in [0.2, 0.25) is 5.02 Å². The lowest BCUT2D eigenvalue weighted by atomic mass is 10.00. The number of piperazine rings is 1. The van der Waals surface area contributed by atoms with E-state index in [0.717, 1.165) is 36.5 Å². The van der Waals surface area contributed by atoms with Crippen LogP contribution in [0.25, 0.3) is 17.1 Å². The highest BCUT2D eigenvalue weighted by Gasteiger charge is 2.39. The predicted molar refractivity (Wildman–Crippen MR) is 191 cm³/mol. The minimum Gasteiger partial charge on any atom is -0.355 e. The number of alkyl halides is 3. The number of carbonyl (C=O) groups excluding carboxylic acids is 4. The van der Waals surface area contributed by atoms with Crippen molar-refractivity contribution in [2.24, 2.45) is 13.0 Å². The standard InChI is InChI=1S/C35H40ClF3N10O4/c1-6-21(11-12-45(3)4)33(52)47-13-15-48(16-14-47)34(53)24-9-8-23(17-26(24)36)43-32(51)30-42-19-27(46(30)5)25-20-49(44-29(25)35(37,38)39)28-10-7-22(18-41-28)31(50)40-2/h7-10,17-21H,6,11-16H2,1-5H3,(H,40,50)(H,43,51). The van der Waals surface area contributed by atoms with Gasteiger partial charge in [0.25, 0.3) is 17.7 Å². The molecule has 282 valence electrons. The normalized spacial score (nSPS) is 14.0. The summed E-state index contributed by atoms with van der Waals surface area (Å²) in [6.45, 7) is 4.33. The topological polar surface area (TPSA) is 151 Å². The minimum absolute atomic E-state index is 0.0296. The van der Waals surface area contributed by atoms with Crippen LogP contribution in [0.3, 0.4) is 0 Å². The second-order valence-corrected chi connectivity index (χ2v) is 13.2. The number of rotatable bonds is 11. The first kappa shape index (κ1) is 38.9. The van der Waals surface area contributed by atoms with Crippen LogP contribution >= 0.6 is 11.6 Å². The van der Waals surface area contributed by atoms with Gasteiger partial charge in [-0.2, -0.15) is 18.3 Å². The molecule has 0 spiro atoms. The fourth-order valence-electron chi connectivity index (χ4n) is 5.99.